The van der Waals surface area contributed by atoms with Crippen LogP contribution < -0.4 is 5.32 Å². The molecule has 6 heteroatoms. The van der Waals surface area contributed by atoms with Crippen molar-refractivity contribution >= 4 is 28.1 Å². The first kappa shape index (κ1) is 21.4. The first-order chi connectivity index (χ1) is 15.6. The molecule has 1 aliphatic heterocycles. The molecule has 2 N–H and O–H groups in total. The highest BCUT2D eigenvalue weighted by molar-refractivity contribution is 6.30. The summed E-state index contributed by atoms with van der Waals surface area (Å²) in [6, 6.07) is 20.7. The van der Waals surface area contributed by atoms with E-state index in [1.807, 2.05) is 24.3 Å². The molecule has 2 aliphatic rings. The van der Waals surface area contributed by atoms with E-state index in [9.17, 15) is 5.11 Å². The van der Waals surface area contributed by atoms with Crippen molar-refractivity contribution in [2.24, 2.45) is 5.16 Å². The number of aliphatic hydroxyl groups excluding tert-OH is 1. The van der Waals surface area contributed by atoms with Gasteiger partial charge in [0.15, 0.2) is 0 Å². The van der Waals surface area contributed by atoms with Crippen molar-refractivity contribution < 1.29 is 9.94 Å². The van der Waals surface area contributed by atoms with E-state index in [0.29, 0.717) is 5.02 Å². The van der Waals surface area contributed by atoms with E-state index in [1.165, 1.54) is 16.3 Å². The van der Waals surface area contributed by atoms with E-state index in [1.54, 1.807) is 6.92 Å². The van der Waals surface area contributed by atoms with E-state index >= 15 is 0 Å². The Morgan fingerprint density at radius 2 is 1.91 bits per heavy atom. The van der Waals surface area contributed by atoms with Gasteiger partial charge in [0.25, 0.3) is 0 Å². The second-order valence-electron chi connectivity index (χ2n) is 8.60. The SMILES string of the molecule is CC(O)C(O/N=C1\CCc2c1ccc1ccccc21)N1CCNCC1c1ccc(Cl)cc1. The van der Waals surface area contributed by atoms with Gasteiger partial charge < -0.3 is 15.3 Å². The van der Waals surface area contributed by atoms with Crippen LogP contribution in [0.5, 0.6) is 0 Å². The molecule has 3 atom stereocenters. The Labute approximate surface area is 193 Å². The number of aliphatic hydroxyl groups is 1. The van der Waals surface area contributed by atoms with Crippen molar-refractivity contribution in [3.8, 4) is 0 Å². The first-order valence-electron chi connectivity index (χ1n) is 11.3. The van der Waals surface area contributed by atoms with Gasteiger partial charge in [-0.05, 0) is 53.8 Å². The fraction of sp³-hybridized carbons (Fsp3) is 0.346. The Morgan fingerprint density at radius 1 is 1.09 bits per heavy atom. The van der Waals surface area contributed by atoms with Crippen LogP contribution in [-0.2, 0) is 11.3 Å². The molecule has 0 amide bonds. The average Bonchev–Trinajstić information content (AvgIpc) is 3.23. The van der Waals surface area contributed by atoms with E-state index in [4.69, 9.17) is 16.4 Å². The average molecular weight is 450 g/mol. The molecule has 0 radical (unpaired) electrons. The molecule has 0 saturated carbocycles. The molecular weight excluding hydrogens is 422 g/mol. The fourth-order valence-corrected chi connectivity index (χ4v) is 5.04. The van der Waals surface area contributed by atoms with Gasteiger partial charge in [-0.2, -0.15) is 0 Å². The van der Waals surface area contributed by atoms with Crippen LogP contribution in [0.2, 0.25) is 5.02 Å². The lowest BCUT2D eigenvalue weighted by Gasteiger charge is -2.41. The maximum Gasteiger partial charge on any atom is 0.207 e. The van der Waals surface area contributed by atoms with Crippen molar-refractivity contribution in [3.63, 3.8) is 0 Å². The standard InChI is InChI=1S/C26H28ClN3O2/c1-17(31)26(30-15-14-28-16-25(30)19-6-9-20(27)10-7-19)32-29-24-13-12-22-21-5-3-2-4-18(21)8-11-23(22)24/h2-11,17,25-26,28,31H,12-16H2,1H3/b29-24+. The lowest BCUT2D eigenvalue weighted by molar-refractivity contribution is -0.139. The highest BCUT2D eigenvalue weighted by Crippen LogP contribution is 2.31. The van der Waals surface area contributed by atoms with Crippen LogP contribution in [0.25, 0.3) is 10.8 Å². The number of nitrogens with zero attached hydrogens (tertiary/aromatic N) is 2. The fourth-order valence-electron chi connectivity index (χ4n) is 4.91. The van der Waals surface area contributed by atoms with Crippen molar-refractivity contribution in [2.45, 2.75) is 38.1 Å². The minimum Gasteiger partial charge on any atom is -0.388 e. The van der Waals surface area contributed by atoms with Gasteiger partial charge in [-0.1, -0.05) is 65.3 Å². The smallest absolute Gasteiger partial charge is 0.207 e. The summed E-state index contributed by atoms with van der Waals surface area (Å²) in [6.45, 7) is 4.14. The van der Waals surface area contributed by atoms with E-state index < -0.39 is 12.3 Å². The Balaban J connectivity index is 1.41. The number of halogens is 1. The number of nitrogens with one attached hydrogen (secondary N) is 1. The van der Waals surface area contributed by atoms with Crippen LogP contribution in [0.4, 0.5) is 0 Å². The molecule has 32 heavy (non-hydrogen) atoms. The number of piperazine rings is 1. The number of hydrogen-bond acceptors (Lipinski definition) is 5. The third-order valence-electron chi connectivity index (χ3n) is 6.51. The largest absolute Gasteiger partial charge is 0.388 e. The van der Waals surface area contributed by atoms with Crippen molar-refractivity contribution in [1.29, 1.82) is 0 Å². The summed E-state index contributed by atoms with van der Waals surface area (Å²) < 4.78 is 0. The number of rotatable bonds is 5. The van der Waals surface area contributed by atoms with Crippen LogP contribution in [0.1, 0.15) is 36.1 Å². The molecule has 0 spiro atoms. The molecule has 1 heterocycles. The summed E-state index contributed by atoms with van der Waals surface area (Å²) in [5.74, 6) is 0. The van der Waals surface area contributed by atoms with E-state index in [2.05, 4.69) is 51.8 Å². The Hall–Kier alpha value is -2.44. The van der Waals surface area contributed by atoms with Gasteiger partial charge in [-0.25, -0.2) is 0 Å². The lowest BCUT2D eigenvalue weighted by atomic mass is 10.0. The van der Waals surface area contributed by atoms with Gasteiger partial charge in [0.1, 0.15) is 6.10 Å². The predicted molar refractivity (Wildman–Crippen MR) is 129 cm³/mol. The number of oxime groups is 1. The molecule has 0 aromatic heterocycles. The highest BCUT2D eigenvalue weighted by Gasteiger charge is 2.34. The molecule has 1 saturated heterocycles. The topological polar surface area (TPSA) is 57.1 Å². The second-order valence-corrected chi connectivity index (χ2v) is 9.03. The zero-order valence-corrected chi connectivity index (χ0v) is 18.9. The maximum absolute atomic E-state index is 10.6. The summed E-state index contributed by atoms with van der Waals surface area (Å²) in [5, 5.41) is 21.9. The second kappa shape index (κ2) is 9.20. The molecule has 5 rings (SSSR count). The summed E-state index contributed by atoms with van der Waals surface area (Å²) in [6.07, 6.45) is 0.580. The molecule has 166 valence electrons. The van der Waals surface area contributed by atoms with Gasteiger partial charge >= 0.3 is 0 Å². The summed E-state index contributed by atoms with van der Waals surface area (Å²) in [7, 11) is 0. The van der Waals surface area contributed by atoms with Crippen molar-refractivity contribution in [2.75, 3.05) is 19.6 Å². The summed E-state index contributed by atoms with van der Waals surface area (Å²) >= 11 is 6.09. The van der Waals surface area contributed by atoms with Crippen molar-refractivity contribution in [1.82, 2.24) is 10.2 Å². The molecular formula is C26H28ClN3O2. The molecule has 5 nitrogen and oxygen atoms in total. The molecule has 1 aliphatic carbocycles. The van der Waals surface area contributed by atoms with E-state index in [-0.39, 0.29) is 6.04 Å². The van der Waals surface area contributed by atoms with Crippen molar-refractivity contribution in [3.05, 3.63) is 82.4 Å². The predicted octanol–water partition coefficient (Wildman–Crippen LogP) is 4.51. The van der Waals surface area contributed by atoms with Crippen LogP contribution in [0.3, 0.4) is 0 Å². The van der Waals surface area contributed by atoms with Crippen LogP contribution in [0.15, 0.2) is 65.8 Å². The molecule has 3 aromatic carbocycles. The maximum atomic E-state index is 10.6. The Bertz CT molecular complexity index is 1130. The third-order valence-corrected chi connectivity index (χ3v) is 6.77. The van der Waals surface area contributed by atoms with Crippen LogP contribution >= 0.6 is 11.6 Å². The molecule has 3 unspecified atom stereocenters. The van der Waals surface area contributed by atoms with Gasteiger partial charge in [0.2, 0.25) is 6.23 Å². The lowest BCUT2D eigenvalue weighted by Crippen LogP contribution is -2.54. The number of benzene rings is 3. The minimum atomic E-state index is -0.690. The quantitative estimate of drug-likeness (QED) is 0.562. The Morgan fingerprint density at radius 3 is 2.72 bits per heavy atom. The van der Waals surface area contributed by atoms with Gasteiger partial charge in [0.05, 0.1) is 11.8 Å². The molecule has 3 aromatic rings. The number of fused-ring (bicyclic) bond motifs is 3. The Kier molecular flexibility index (Phi) is 6.15. The number of aryl methyl sites for hydroxylation is 1. The normalized spacial score (nSPS) is 22.1. The minimum absolute atomic E-state index is 0.0700. The van der Waals surface area contributed by atoms with Gasteiger partial charge in [-0.15, -0.1) is 0 Å². The zero-order valence-electron chi connectivity index (χ0n) is 18.2. The highest BCUT2D eigenvalue weighted by atomic mass is 35.5. The number of hydrogen-bond donors (Lipinski definition) is 2. The monoisotopic (exact) mass is 449 g/mol. The van der Waals surface area contributed by atoms with Gasteiger partial charge in [-0.3, -0.25) is 4.90 Å². The first-order valence-corrected chi connectivity index (χ1v) is 11.6. The third kappa shape index (κ3) is 4.14. The summed E-state index contributed by atoms with van der Waals surface area (Å²) in [5.41, 5.74) is 4.58. The zero-order chi connectivity index (χ0) is 22.1. The molecule has 0 bridgehead atoms. The molecule has 1 fully saturated rings. The summed E-state index contributed by atoms with van der Waals surface area (Å²) in [4.78, 5) is 8.28. The van der Waals surface area contributed by atoms with E-state index in [0.717, 1.165) is 49.3 Å². The van der Waals surface area contributed by atoms with Crippen LogP contribution in [-0.4, -0.2) is 47.7 Å². The van der Waals surface area contributed by atoms with Gasteiger partial charge in [0, 0.05) is 30.2 Å². The van der Waals surface area contributed by atoms with Crippen LogP contribution in [0, 0.1) is 0 Å².